The normalized spacial score (nSPS) is 9.65. The molecule has 0 atom stereocenters. The van der Waals surface area contributed by atoms with E-state index in [0.717, 1.165) is 0 Å². The largest absolute Gasteiger partial charge is 0.280 e. The summed E-state index contributed by atoms with van der Waals surface area (Å²) in [7, 11) is 0. The van der Waals surface area contributed by atoms with E-state index in [2.05, 4.69) is 26.0 Å². The highest BCUT2D eigenvalue weighted by atomic mass is 32.1. The average molecular weight is 247 g/mol. The van der Waals surface area contributed by atoms with Gasteiger partial charge >= 0.3 is 0 Å². The minimum atomic E-state index is -0.258. The summed E-state index contributed by atoms with van der Waals surface area (Å²) in [6.07, 6.45) is 1.42. The van der Waals surface area contributed by atoms with Crippen LogP contribution in [0, 0.1) is 4.77 Å². The number of benzene rings is 1. The molecule has 1 aromatic carbocycles. The second kappa shape index (κ2) is 5.17. The van der Waals surface area contributed by atoms with E-state index in [4.69, 9.17) is 12.2 Å². The lowest BCUT2D eigenvalue weighted by Crippen LogP contribution is -2.29. The summed E-state index contributed by atoms with van der Waals surface area (Å²) in [6, 6.07) is 8.83. The minimum Gasteiger partial charge on any atom is -0.280 e. The van der Waals surface area contributed by atoms with E-state index in [0.29, 0.717) is 11.4 Å². The second-order valence-electron chi connectivity index (χ2n) is 3.12. The molecule has 0 unspecified atom stereocenters. The topological polar surface area (TPSA) is 82.7 Å². The number of anilines is 1. The van der Waals surface area contributed by atoms with E-state index in [-0.39, 0.29) is 10.7 Å². The molecule has 1 heterocycles. The van der Waals surface area contributed by atoms with Crippen LogP contribution in [0.5, 0.6) is 0 Å². The Bertz CT molecular complexity index is 568. The highest BCUT2D eigenvalue weighted by molar-refractivity contribution is 7.71. The summed E-state index contributed by atoms with van der Waals surface area (Å²) in [5.41, 5.74) is 5.66. The maximum Gasteiger partial charge on any atom is 0.269 e. The number of H-pyrrole nitrogens is 1. The van der Waals surface area contributed by atoms with Gasteiger partial charge in [0, 0.05) is 5.56 Å². The maximum absolute atomic E-state index is 11.6. The molecule has 0 aliphatic carbocycles. The van der Waals surface area contributed by atoms with Crippen LogP contribution in [0.1, 0.15) is 10.4 Å². The van der Waals surface area contributed by atoms with Gasteiger partial charge in [-0.2, -0.15) is 10.1 Å². The number of hydrazine groups is 1. The van der Waals surface area contributed by atoms with Gasteiger partial charge in [-0.05, 0) is 24.4 Å². The Morgan fingerprint density at radius 3 is 2.76 bits per heavy atom. The molecule has 2 rings (SSSR count). The number of carbonyl (C=O) groups excluding carboxylic acids is 1. The molecule has 0 saturated heterocycles. The van der Waals surface area contributed by atoms with Crippen molar-refractivity contribution < 1.29 is 4.79 Å². The summed E-state index contributed by atoms with van der Waals surface area (Å²) < 4.78 is 0.240. The van der Waals surface area contributed by atoms with E-state index in [9.17, 15) is 4.79 Å². The van der Waals surface area contributed by atoms with Crippen molar-refractivity contribution in [3.05, 3.63) is 46.9 Å². The fourth-order valence-electron chi connectivity index (χ4n) is 1.15. The third-order valence-electron chi connectivity index (χ3n) is 1.91. The zero-order chi connectivity index (χ0) is 12.1. The Kier molecular flexibility index (Phi) is 3.41. The van der Waals surface area contributed by atoms with Gasteiger partial charge in [-0.25, -0.2) is 0 Å². The standard InChI is InChI=1S/C10H9N5OS/c16-9(7-4-2-1-3-5-7)14-13-8-6-11-15-10(17)12-8/h1-6H,(H,14,16)(H2,12,13,15,17). The molecule has 2 aromatic rings. The zero-order valence-corrected chi connectivity index (χ0v) is 9.49. The summed E-state index contributed by atoms with van der Waals surface area (Å²) in [6.45, 7) is 0. The molecule has 1 aromatic heterocycles. The van der Waals surface area contributed by atoms with Crippen molar-refractivity contribution in [3.8, 4) is 0 Å². The Morgan fingerprint density at radius 2 is 2.06 bits per heavy atom. The van der Waals surface area contributed by atoms with Crippen LogP contribution in [0.4, 0.5) is 5.82 Å². The number of nitrogens with zero attached hydrogens (tertiary/aromatic N) is 2. The van der Waals surface area contributed by atoms with Gasteiger partial charge in [0.15, 0.2) is 5.82 Å². The van der Waals surface area contributed by atoms with Gasteiger partial charge in [0.2, 0.25) is 4.77 Å². The number of hydrogen-bond acceptors (Lipinski definition) is 5. The number of hydrogen-bond donors (Lipinski definition) is 3. The fraction of sp³-hybridized carbons (Fsp3) is 0. The summed E-state index contributed by atoms with van der Waals surface area (Å²) >= 11 is 4.79. The lowest BCUT2D eigenvalue weighted by Gasteiger charge is -2.06. The Hall–Kier alpha value is -2.28. The molecule has 3 N–H and O–H groups in total. The first kappa shape index (κ1) is 11.2. The molecule has 7 heteroatoms. The van der Waals surface area contributed by atoms with Crippen molar-refractivity contribution in [2.45, 2.75) is 0 Å². The number of aromatic nitrogens is 3. The summed E-state index contributed by atoms with van der Waals surface area (Å²) in [5, 5.41) is 6.22. The van der Waals surface area contributed by atoms with Crippen LogP contribution in [0.25, 0.3) is 0 Å². The predicted molar refractivity (Wildman–Crippen MR) is 64.7 cm³/mol. The van der Waals surface area contributed by atoms with Gasteiger partial charge in [0.1, 0.15) is 0 Å². The van der Waals surface area contributed by atoms with Crippen molar-refractivity contribution in [2.24, 2.45) is 0 Å². The molecule has 17 heavy (non-hydrogen) atoms. The molecule has 0 fully saturated rings. The Labute approximate surface area is 102 Å². The molecule has 6 nitrogen and oxygen atoms in total. The van der Waals surface area contributed by atoms with Gasteiger partial charge in [-0.1, -0.05) is 18.2 Å². The van der Waals surface area contributed by atoms with Gasteiger partial charge < -0.3 is 0 Å². The molecule has 0 radical (unpaired) electrons. The van der Waals surface area contributed by atoms with Crippen molar-refractivity contribution in [3.63, 3.8) is 0 Å². The van der Waals surface area contributed by atoms with Crippen LogP contribution >= 0.6 is 12.2 Å². The van der Waals surface area contributed by atoms with Crippen molar-refractivity contribution in [1.82, 2.24) is 20.6 Å². The fourth-order valence-corrected chi connectivity index (χ4v) is 1.31. The quantitative estimate of drug-likeness (QED) is 0.562. The molecule has 86 valence electrons. The lowest BCUT2D eigenvalue weighted by atomic mass is 10.2. The van der Waals surface area contributed by atoms with Crippen LogP contribution in [-0.2, 0) is 0 Å². The second-order valence-corrected chi connectivity index (χ2v) is 3.50. The molecule has 0 spiro atoms. The monoisotopic (exact) mass is 247 g/mol. The van der Waals surface area contributed by atoms with E-state index in [1.54, 1.807) is 24.3 Å². The van der Waals surface area contributed by atoms with Gasteiger partial charge in [-0.15, -0.1) is 0 Å². The molecular formula is C10H9N5OS. The molecule has 1 amide bonds. The van der Waals surface area contributed by atoms with E-state index in [1.165, 1.54) is 6.20 Å². The van der Waals surface area contributed by atoms with Crippen molar-refractivity contribution in [1.29, 1.82) is 0 Å². The first-order valence-corrected chi connectivity index (χ1v) is 5.19. The van der Waals surface area contributed by atoms with Crippen LogP contribution in [0.3, 0.4) is 0 Å². The SMILES string of the molecule is O=C(NNc1cn[nH]c(=S)n1)c1ccccc1. The molecule has 0 aliphatic heterocycles. The lowest BCUT2D eigenvalue weighted by molar-refractivity contribution is 0.0962. The van der Waals surface area contributed by atoms with Crippen LogP contribution in [0.2, 0.25) is 0 Å². The van der Waals surface area contributed by atoms with Gasteiger partial charge in [0.25, 0.3) is 5.91 Å². The highest BCUT2D eigenvalue weighted by Gasteiger charge is 2.03. The number of aromatic amines is 1. The molecule has 0 bridgehead atoms. The summed E-state index contributed by atoms with van der Waals surface area (Å²) in [5.74, 6) is 0.115. The highest BCUT2D eigenvalue weighted by Crippen LogP contribution is 1.99. The first-order chi connectivity index (χ1) is 8.25. The zero-order valence-electron chi connectivity index (χ0n) is 8.68. The third kappa shape index (κ3) is 3.08. The molecule has 0 aliphatic rings. The molecular weight excluding hydrogens is 238 g/mol. The van der Waals surface area contributed by atoms with E-state index < -0.39 is 0 Å². The predicted octanol–water partition coefficient (Wildman–Crippen LogP) is 1.29. The van der Waals surface area contributed by atoms with E-state index in [1.807, 2.05) is 6.07 Å². The maximum atomic E-state index is 11.6. The number of rotatable bonds is 3. The Balaban J connectivity index is 2.00. The average Bonchev–Trinajstić information content (AvgIpc) is 2.37. The smallest absolute Gasteiger partial charge is 0.269 e. The molecule has 0 saturated carbocycles. The minimum absolute atomic E-state index is 0.240. The number of carbonyl (C=O) groups is 1. The van der Waals surface area contributed by atoms with Gasteiger partial charge in [0.05, 0.1) is 6.20 Å². The van der Waals surface area contributed by atoms with Crippen LogP contribution < -0.4 is 10.9 Å². The summed E-state index contributed by atoms with van der Waals surface area (Å²) in [4.78, 5) is 15.6. The Morgan fingerprint density at radius 1 is 1.29 bits per heavy atom. The third-order valence-corrected chi connectivity index (χ3v) is 2.09. The van der Waals surface area contributed by atoms with Gasteiger partial charge in [-0.3, -0.25) is 20.7 Å². The van der Waals surface area contributed by atoms with E-state index >= 15 is 0 Å². The van der Waals surface area contributed by atoms with Crippen LogP contribution in [-0.4, -0.2) is 21.1 Å². The first-order valence-electron chi connectivity index (χ1n) is 4.79. The number of amides is 1. The van der Waals surface area contributed by atoms with Crippen LogP contribution in [0.15, 0.2) is 36.5 Å². The van der Waals surface area contributed by atoms with Crippen molar-refractivity contribution in [2.75, 3.05) is 5.43 Å². The van der Waals surface area contributed by atoms with Crippen molar-refractivity contribution >= 4 is 23.9 Å². The number of nitrogens with one attached hydrogen (secondary N) is 3.